The van der Waals surface area contributed by atoms with E-state index in [0.29, 0.717) is 0 Å². The molecule has 0 aliphatic rings. The third kappa shape index (κ3) is 2.27. The summed E-state index contributed by atoms with van der Waals surface area (Å²) in [5.74, 6) is 0.866. The number of nitrogens with zero attached hydrogens (tertiary/aromatic N) is 3. The molecule has 0 amide bonds. The van der Waals surface area contributed by atoms with Crippen molar-refractivity contribution in [1.29, 1.82) is 0 Å². The van der Waals surface area contributed by atoms with Crippen LogP contribution in [0.3, 0.4) is 0 Å². The second kappa shape index (κ2) is 5.77. The van der Waals surface area contributed by atoms with Gasteiger partial charge in [-0.3, -0.25) is 9.97 Å². The summed E-state index contributed by atoms with van der Waals surface area (Å²) in [7, 11) is 0. The van der Waals surface area contributed by atoms with Crippen molar-refractivity contribution in [3.05, 3.63) is 78.4 Å². The van der Waals surface area contributed by atoms with Gasteiger partial charge in [0.1, 0.15) is 5.82 Å². The maximum absolute atomic E-state index is 4.90. The molecule has 124 valence electrons. The number of benzene rings is 2. The number of H-pyrrole nitrogens is 1. The molecule has 0 spiro atoms. The zero-order valence-corrected chi connectivity index (χ0v) is 14.3. The van der Waals surface area contributed by atoms with E-state index in [9.17, 15) is 0 Å². The van der Waals surface area contributed by atoms with Crippen molar-refractivity contribution in [2.24, 2.45) is 0 Å². The highest BCUT2D eigenvalue weighted by molar-refractivity contribution is 6.20. The Hall–Kier alpha value is -3.53. The minimum atomic E-state index is 0.866. The van der Waals surface area contributed by atoms with Gasteiger partial charge < -0.3 is 4.98 Å². The summed E-state index contributed by atoms with van der Waals surface area (Å²) < 4.78 is 0. The molecule has 0 aliphatic carbocycles. The molecule has 0 unspecified atom stereocenters. The van der Waals surface area contributed by atoms with Crippen molar-refractivity contribution in [1.82, 2.24) is 19.9 Å². The minimum Gasteiger partial charge on any atom is -0.338 e. The summed E-state index contributed by atoms with van der Waals surface area (Å²) in [6.07, 6.45) is 5.75. The van der Waals surface area contributed by atoms with Gasteiger partial charge in [0.25, 0.3) is 0 Å². The molecule has 0 atom stereocenters. The smallest absolute Gasteiger partial charge is 0.134 e. The lowest BCUT2D eigenvalue weighted by Gasteiger charge is -2.03. The molecule has 2 aromatic carbocycles. The Balaban J connectivity index is 1.81. The number of hydrogen-bond acceptors (Lipinski definition) is 3. The maximum atomic E-state index is 4.90. The van der Waals surface area contributed by atoms with Crippen LogP contribution in [0.4, 0.5) is 0 Å². The van der Waals surface area contributed by atoms with E-state index >= 15 is 0 Å². The summed E-state index contributed by atoms with van der Waals surface area (Å²) in [5, 5.41) is 2.06. The first-order valence-electron chi connectivity index (χ1n) is 8.56. The van der Waals surface area contributed by atoms with Crippen LogP contribution in [-0.2, 0) is 0 Å². The first kappa shape index (κ1) is 14.8. The summed E-state index contributed by atoms with van der Waals surface area (Å²) in [6, 6.07) is 18.3. The van der Waals surface area contributed by atoms with Crippen molar-refractivity contribution < 1.29 is 0 Å². The van der Waals surface area contributed by atoms with Gasteiger partial charge in [0.15, 0.2) is 0 Å². The molecule has 4 nitrogen and oxygen atoms in total. The Labute approximate surface area is 150 Å². The van der Waals surface area contributed by atoms with Crippen molar-refractivity contribution in [3.63, 3.8) is 0 Å². The average molecular weight is 336 g/mol. The van der Waals surface area contributed by atoms with Gasteiger partial charge in [0, 0.05) is 23.2 Å². The molecule has 5 aromatic rings. The molecule has 5 rings (SSSR count). The standard InChI is InChI=1S/C22H16N4/c1-14(13-15-7-3-2-4-8-15)22-25-20-16-9-5-11-23-18(16)19-17(21(20)26-22)10-6-12-24-19/h2-13H,1H3,(H,25,26)/b14-13+. The molecule has 1 N–H and O–H groups in total. The molecular weight excluding hydrogens is 320 g/mol. The van der Waals surface area contributed by atoms with Gasteiger partial charge in [-0.25, -0.2) is 4.98 Å². The van der Waals surface area contributed by atoms with E-state index in [1.165, 1.54) is 0 Å². The van der Waals surface area contributed by atoms with Crippen LogP contribution in [0.5, 0.6) is 0 Å². The van der Waals surface area contributed by atoms with Gasteiger partial charge in [0.2, 0.25) is 0 Å². The van der Waals surface area contributed by atoms with Crippen molar-refractivity contribution in [2.75, 3.05) is 0 Å². The van der Waals surface area contributed by atoms with E-state index in [0.717, 1.165) is 49.8 Å². The van der Waals surface area contributed by atoms with Crippen LogP contribution >= 0.6 is 0 Å². The van der Waals surface area contributed by atoms with Gasteiger partial charge in [-0.2, -0.15) is 0 Å². The highest BCUT2D eigenvalue weighted by atomic mass is 14.9. The Morgan fingerprint density at radius 2 is 1.50 bits per heavy atom. The van der Waals surface area contributed by atoms with Crippen molar-refractivity contribution in [3.8, 4) is 0 Å². The van der Waals surface area contributed by atoms with E-state index in [4.69, 9.17) is 4.98 Å². The van der Waals surface area contributed by atoms with Gasteiger partial charge in [-0.05, 0) is 48.4 Å². The Morgan fingerprint density at radius 1 is 0.808 bits per heavy atom. The lowest BCUT2D eigenvalue weighted by molar-refractivity contribution is 1.26. The second-order valence-corrected chi connectivity index (χ2v) is 6.35. The molecule has 0 saturated carbocycles. The number of aromatic nitrogens is 4. The quantitative estimate of drug-likeness (QED) is 0.450. The molecule has 3 heterocycles. The van der Waals surface area contributed by atoms with Crippen LogP contribution in [0.25, 0.3) is 44.5 Å². The number of hydrogen-bond donors (Lipinski definition) is 1. The van der Waals surface area contributed by atoms with Crippen LogP contribution in [0, 0.1) is 0 Å². The molecule has 0 bridgehead atoms. The Kier molecular flexibility index (Phi) is 3.28. The SMILES string of the molecule is C/C(=C\c1ccccc1)c1nc2c3cccnc3c3ncccc3c2[nH]1. The number of nitrogens with one attached hydrogen (secondary N) is 1. The van der Waals surface area contributed by atoms with Crippen LogP contribution in [0.1, 0.15) is 18.3 Å². The average Bonchev–Trinajstić information content (AvgIpc) is 3.15. The van der Waals surface area contributed by atoms with Crippen molar-refractivity contribution in [2.45, 2.75) is 6.92 Å². The third-order valence-corrected chi connectivity index (χ3v) is 4.62. The summed E-state index contributed by atoms with van der Waals surface area (Å²) in [6.45, 7) is 2.07. The van der Waals surface area contributed by atoms with E-state index in [1.54, 1.807) is 12.4 Å². The molecule has 0 fully saturated rings. The van der Waals surface area contributed by atoms with E-state index in [-0.39, 0.29) is 0 Å². The predicted octanol–water partition coefficient (Wildman–Crippen LogP) is 5.22. The second-order valence-electron chi connectivity index (χ2n) is 6.35. The van der Waals surface area contributed by atoms with E-state index in [1.807, 2.05) is 30.3 Å². The van der Waals surface area contributed by atoms with Crippen molar-refractivity contribution >= 4 is 44.5 Å². The fourth-order valence-corrected chi connectivity index (χ4v) is 3.40. The zero-order valence-electron chi connectivity index (χ0n) is 14.3. The lowest BCUT2D eigenvalue weighted by Crippen LogP contribution is -1.86. The molecule has 0 radical (unpaired) electrons. The predicted molar refractivity (Wildman–Crippen MR) is 107 cm³/mol. The van der Waals surface area contributed by atoms with Crippen LogP contribution in [0.15, 0.2) is 67.0 Å². The molecule has 3 aromatic heterocycles. The first-order chi connectivity index (χ1) is 12.8. The Morgan fingerprint density at radius 3 is 2.27 bits per heavy atom. The normalized spacial score (nSPS) is 12.3. The topological polar surface area (TPSA) is 54.5 Å². The van der Waals surface area contributed by atoms with Crippen LogP contribution in [0.2, 0.25) is 0 Å². The van der Waals surface area contributed by atoms with Crippen LogP contribution in [-0.4, -0.2) is 19.9 Å². The summed E-state index contributed by atoms with van der Waals surface area (Å²) in [4.78, 5) is 17.5. The summed E-state index contributed by atoms with van der Waals surface area (Å²) in [5.41, 5.74) is 5.97. The summed E-state index contributed by atoms with van der Waals surface area (Å²) >= 11 is 0. The van der Waals surface area contributed by atoms with E-state index < -0.39 is 0 Å². The van der Waals surface area contributed by atoms with E-state index in [2.05, 4.69) is 52.2 Å². The van der Waals surface area contributed by atoms with Gasteiger partial charge in [0.05, 0.1) is 22.1 Å². The lowest BCUT2D eigenvalue weighted by atomic mass is 10.1. The molecule has 0 saturated heterocycles. The first-order valence-corrected chi connectivity index (χ1v) is 8.56. The highest BCUT2D eigenvalue weighted by Gasteiger charge is 2.14. The minimum absolute atomic E-state index is 0.866. The molecule has 0 aliphatic heterocycles. The fraction of sp³-hybridized carbons (Fsp3) is 0.0455. The highest BCUT2D eigenvalue weighted by Crippen LogP contribution is 2.32. The molecular formula is C22H16N4. The number of fused-ring (bicyclic) bond motifs is 6. The van der Waals surface area contributed by atoms with Gasteiger partial charge >= 0.3 is 0 Å². The largest absolute Gasteiger partial charge is 0.338 e. The van der Waals surface area contributed by atoms with Gasteiger partial charge in [-0.15, -0.1) is 0 Å². The monoisotopic (exact) mass is 336 g/mol. The number of aromatic amines is 1. The fourth-order valence-electron chi connectivity index (χ4n) is 3.40. The molecule has 26 heavy (non-hydrogen) atoms. The number of allylic oxidation sites excluding steroid dienone is 1. The Bertz CT molecular complexity index is 1210. The number of rotatable bonds is 2. The van der Waals surface area contributed by atoms with Crippen LogP contribution < -0.4 is 0 Å². The molecule has 4 heteroatoms. The van der Waals surface area contributed by atoms with Gasteiger partial charge in [-0.1, -0.05) is 30.3 Å². The zero-order chi connectivity index (χ0) is 17.5. The number of pyridine rings is 2. The number of imidazole rings is 1. The third-order valence-electron chi connectivity index (χ3n) is 4.62. The maximum Gasteiger partial charge on any atom is 0.134 e.